The lowest BCUT2D eigenvalue weighted by atomic mass is 9.82. The van der Waals surface area contributed by atoms with Gasteiger partial charge in [0.05, 0.1) is 37.3 Å². The second-order valence-corrected chi connectivity index (χ2v) is 10.7. The van der Waals surface area contributed by atoms with Crippen molar-refractivity contribution >= 4 is 22.5 Å². The molecule has 3 aliphatic rings. The molecule has 1 aromatic carbocycles. The van der Waals surface area contributed by atoms with E-state index >= 15 is 0 Å². The molecule has 3 aliphatic heterocycles. The Morgan fingerprint density at radius 1 is 1.05 bits per heavy atom. The van der Waals surface area contributed by atoms with Gasteiger partial charge in [-0.2, -0.15) is 4.52 Å². The SMILES string of the molecule is COc1cccc2c1nc(N)n1nc(CCN3Cc4ccc(C5(N6CCOCC6)CCNCC5)nc4C3)nc21. The molecule has 204 valence electrons. The summed E-state index contributed by atoms with van der Waals surface area (Å²) in [5.74, 6) is 1.73. The Kier molecular flexibility index (Phi) is 6.31. The van der Waals surface area contributed by atoms with Gasteiger partial charge in [-0.05, 0) is 49.7 Å². The first-order chi connectivity index (χ1) is 19.1. The number of hydrogen-bond acceptors (Lipinski definition) is 10. The average Bonchev–Trinajstić information content (AvgIpc) is 3.61. The largest absolute Gasteiger partial charge is 0.494 e. The van der Waals surface area contributed by atoms with Crippen LogP contribution in [0, 0.1) is 0 Å². The van der Waals surface area contributed by atoms with Crippen LogP contribution >= 0.6 is 0 Å². The van der Waals surface area contributed by atoms with E-state index in [1.54, 1.807) is 11.6 Å². The summed E-state index contributed by atoms with van der Waals surface area (Å²) in [6, 6.07) is 10.4. The number of aromatic nitrogens is 5. The number of nitrogens with one attached hydrogen (secondary N) is 1. The van der Waals surface area contributed by atoms with Crippen molar-refractivity contribution in [2.75, 3.05) is 58.8 Å². The molecule has 7 rings (SSSR count). The molecular weight excluding hydrogens is 494 g/mol. The van der Waals surface area contributed by atoms with Gasteiger partial charge in [0, 0.05) is 44.5 Å². The maximum atomic E-state index is 6.24. The third-order valence-corrected chi connectivity index (χ3v) is 8.57. The molecule has 11 heteroatoms. The third-order valence-electron chi connectivity index (χ3n) is 8.57. The number of para-hydroxylation sites is 1. The Labute approximate surface area is 227 Å². The van der Waals surface area contributed by atoms with Crippen LogP contribution in [0.25, 0.3) is 16.6 Å². The highest BCUT2D eigenvalue weighted by Gasteiger charge is 2.42. The molecule has 11 nitrogen and oxygen atoms in total. The van der Waals surface area contributed by atoms with Crippen molar-refractivity contribution in [2.45, 2.75) is 37.9 Å². The fourth-order valence-electron chi connectivity index (χ4n) is 6.50. The van der Waals surface area contributed by atoms with Gasteiger partial charge in [0.15, 0.2) is 11.5 Å². The van der Waals surface area contributed by atoms with E-state index in [2.05, 4.69) is 37.3 Å². The number of ether oxygens (including phenoxy) is 2. The maximum Gasteiger partial charge on any atom is 0.223 e. The van der Waals surface area contributed by atoms with Crippen LogP contribution in [-0.4, -0.2) is 87.4 Å². The highest BCUT2D eigenvalue weighted by molar-refractivity contribution is 5.95. The van der Waals surface area contributed by atoms with Gasteiger partial charge >= 0.3 is 0 Å². The summed E-state index contributed by atoms with van der Waals surface area (Å²) in [4.78, 5) is 19.7. The van der Waals surface area contributed by atoms with Crippen LogP contribution in [0.3, 0.4) is 0 Å². The summed E-state index contributed by atoms with van der Waals surface area (Å²) in [6.45, 7) is 8.18. The van der Waals surface area contributed by atoms with Crippen LogP contribution in [0.15, 0.2) is 30.3 Å². The molecule has 0 saturated carbocycles. The van der Waals surface area contributed by atoms with Crippen molar-refractivity contribution in [3.05, 3.63) is 53.1 Å². The molecule has 3 aromatic heterocycles. The van der Waals surface area contributed by atoms with E-state index < -0.39 is 0 Å². The van der Waals surface area contributed by atoms with Crippen LogP contribution in [0.5, 0.6) is 5.75 Å². The molecule has 3 N–H and O–H groups in total. The van der Waals surface area contributed by atoms with Crippen molar-refractivity contribution < 1.29 is 9.47 Å². The summed E-state index contributed by atoms with van der Waals surface area (Å²) >= 11 is 0. The molecule has 39 heavy (non-hydrogen) atoms. The second kappa shape index (κ2) is 9.98. The van der Waals surface area contributed by atoms with E-state index in [-0.39, 0.29) is 5.54 Å². The molecule has 0 atom stereocenters. The Balaban J connectivity index is 1.09. The Hall–Kier alpha value is -3.38. The zero-order valence-electron chi connectivity index (χ0n) is 22.4. The lowest BCUT2D eigenvalue weighted by Gasteiger charge is -2.47. The number of pyridine rings is 1. The topological polar surface area (TPSA) is 119 Å². The summed E-state index contributed by atoms with van der Waals surface area (Å²) in [6.07, 6.45) is 2.89. The summed E-state index contributed by atoms with van der Waals surface area (Å²) in [7, 11) is 1.63. The molecule has 0 aliphatic carbocycles. The summed E-state index contributed by atoms with van der Waals surface area (Å²) < 4.78 is 12.8. The Morgan fingerprint density at radius 3 is 2.72 bits per heavy atom. The molecule has 0 bridgehead atoms. The number of morpholine rings is 1. The van der Waals surface area contributed by atoms with E-state index in [1.807, 2.05) is 18.2 Å². The minimum Gasteiger partial charge on any atom is -0.494 e. The van der Waals surface area contributed by atoms with E-state index in [9.17, 15) is 0 Å². The van der Waals surface area contributed by atoms with Gasteiger partial charge in [-0.15, -0.1) is 5.10 Å². The summed E-state index contributed by atoms with van der Waals surface area (Å²) in [5.41, 5.74) is 11.4. The first kappa shape index (κ1) is 24.6. The molecular formula is C28H35N9O2. The number of anilines is 1. The Morgan fingerprint density at radius 2 is 1.90 bits per heavy atom. The van der Waals surface area contributed by atoms with Crippen molar-refractivity contribution in [1.82, 2.24) is 39.7 Å². The molecule has 0 unspecified atom stereocenters. The minimum atomic E-state index is -0.00262. The number of benzene rings is 1. The normalized spacial score (nSPS) is 20.0. The molecule has 0 radical (unpaired) electrons. The Bertz CT molecular complexity index is 1510. The molecule has 0 amide bonds. The fraction of sp³-hybridized carbons (Fsp3) is 0.500. The van der Waals surface area contributed by atoms with Gasteiger partial charge in [0.1, 0.15) is 11.3 Å². The number of nitrogen functional groups attached to an aromatic ring is 1. The number of rotatable bonds is 6. The first-order valence-electron chi connectivity index (χ1n) is 13.9. The smallest absolute Gasteiger partial charge is 0.223 e. The van der Waals surface area contributed by atoms with Gasteiger partial charge in [-0.25, -0.2) is 9.97 Å². The number of piperidine rings is 1. The highest BCUT2D eigenvalue weighted by atomic mass is 16.5. The molecule has 6 heterocycles. The zero-order chi connectivity index (χ0) is 26.4. The number of fused-ring (bicyclic) bond motifs is 4. The van der Waals surface area contributed by atoms with Gasteiger partial charge in [-0.3, -0.25) is 14.8 Å². The monoisotopic (exact) mass is 529 g/mol. The number of hydrogen-bond donors (Lipinski definition) is 2. The molecule has 2 saturated heterocycles. The predicted molar refractivity (Wildman–Crippen MR) is 147 cm³/mol. The van der Waals surface area contributed by atoms with Crippen LogP contribution in [-0.2, 0) is 29.8 Å². The van der Waals surface area contributed by atoms with E-state index in [1.165, 1.54) is 17.0 Å². The van der Waals surface area contributed by atoms with Crippen LogP contribution < -0.4 is 15.8 Å². The van der Waals surface area contributed by atoms with Crippen molar-refractivity contribution in [1.29, 1.82) is 0 Å². The quantitative estimate of drug-likeness (QED) is 0.382. The lowest BCUT2D eigenvalue weighted by molar-refractivity contribution is -0.0394. The minimum absolute atomic E-state index is 0.00262. The second-order valence-electron chi connectivity index (χ2n) is 10.7. The van der Waals surface area contributed by atoms with Gasteiger partial charge in [-0.1, -0.05) is 12.1 Å². The molecule has 2 fully saturated rings. The van der Waals surface area contributed by atoms with E-state index in [4.69, 9.17) is 25.2 Å². The van der Waals surface area contributed by atoms with Crippen molar-refractivity contribution in [2.24, 2.45) is 0 Å². The standard InChI is InChI=1S/C28H35N9O2/c1-38-22-4-2-3-20-25(22)33-27(29)37-26(20)32-24(34-37)7-12-35-17-19-5-6-23(31-21(19)18-35)28(8-10-30-11-9-28)36-13-15-39-16-14-36/h2-6,30H,7-18H2,1H3,(H2,29,33). The highest BCUT2D eigenvalue weighted by Crippen LogP contribution is 2.38. The maximum absolute atomic E-state index is 6.24. The zero-order valence-corrected chi connectivity index (χ0v) is 22.4. The lowest BCUT2D eigenvalue weighted by Crippen LogP contribution is -2.56. The van der Waals surface area contributed by atoms with Crippen molar-refractivity contribution in [3.63, 3.8) is 0 Å². The number of nitrogens with two attached hydrogens (primary N) is 1. The predicted octanol–water partition coefficient (Wildman–Crippen LogP) is 1.73. The number of methoxy groups -OCH3 is 1. The summed E-state index contributed by atoms with van der Waals surface area (Å²) in [5, 5.41) is 9.10. The third kappa shape index (κ3) is 4.29. The van der Waals surface area contributed by atoms with Crippen molar-refractivity contribution in [3.8, 4) is 5.75 Å². The van der Waals surface area contributed by atoms with E-state index in [0.717, 1.165) is 89.5 Å². The van der Waals surface area contributed by atoms with Gasteiger partial charge < -0.3 is 20.5 Å². The number of nitrogens with zero attached hydrogens (tertiary/aromatic N) is 7. The van der Waals surface area contributed by atoms with Crippen LogP contribution in [0.4, 0.5) is 5.95 Å². The molecule has 0 spiro atoms. The van der Waals surface area contributed by atoms with Gasteiger partial charge in [0.25, 0.3) is 0 Å². The molecule has 4 aromatic rings. The van der Waals surface area contributed by atoms with Crippen LogP contribution in [0.1, 0.15) is 35.6 Å². The average molecular weight is 530 g/mol. The van der Waals surface area contributed by atoms with Gasteiger partial charge in [0.2, 0.25) is 5.95 Å². The van der Waals surface area contributed by atoms with E-state index in [0.29, 0.717) is 22.9 Å². The van der Waals surface area contributed by atoms with Crippen LogP contribution in [0.2, 0.25) is 0 Å². The first-order valence-corrected chi connectivity index (χ1v) is 13.9. The fourth-order valence-corrected chi connectivity index (χ4v) is 6.50.